The number of carbonyl (C=O) groups is 1. The highest BCUT2D eigenvalue weighted by Crippen LogP contribution is 2.30. The molecule has 0 radical (unpaired) electrons. The van der Waals surface area contributed by atoms with Crippen molar-refractivity contribution in [2.75, 3.05) is 24.6 Å². The summed E-state index contributed by atoms with van der Waals surface area (Å²) in [6.07, 6.45) is 0. The molecule has 2 aromatic carbocycles. The largest absolute Gasteiger partial charge is 0.494 e. The summed E-state index contributed by atoms with van der Waals surface area (Å²) in [6, 6.07) is 11.6. The first-order chi connectivity index (χ1) is 12.3. The van der Waals surface area contributed by atoms with Gasteiger partial charge in [0, 0.05) is 0 Å². The number of esters is 1. The van der Waals surface area contributed by atoms with Crippen molar-refractivity contribution in [1.29, 1.82) is 0 Å². The number of anilines is 1. The zero-order valence-corrected chi connectivity index (χ0v) is 16.2. The van der Waals surface area contributed by atoms with E-state index in [-0.39, 0.29) is 4.90 Å². The molecule has 0 spiro atoms. The summed E-state index contributed by atoms with van der Waals surface area (Å²) < 4.78 is 37.6. The van der Waals surface area contributed by atoms with E-state index >= 15 is 0 Å². The first-order valence-corrected chi connectivity index (χ1v) is 9.64. The zero-order chi connectivity index (χ0) is 19.3. The Kier molecular flexibility index (Phi) is 6.26. The van der Waals surface area contributed by atoms with Crippen LogP contribution in [-0.2, 0) is 19.6 Å². The molecule has 0 aliphatic carbocycles. The van der Waals surface area contributed by atoms with E-state index in [1.807, 2.05) is 13.0 Å². The van der Waals surface area contributed by atoms with E-state index in [9.17, 15) is 13.2 Å². The minimum atomic E-state index is -3.96. The lowest BCUT2D eigenvalue weighted by Crippen LogP contribution is -2.37. The number of carbonyl (C=O) groups excluding carboxylic acids is 1. The highest BCUT2D eigenvalue weighted by Gasteiger charge is 2.29. The van der Waals surface area contributed by atoms with Crippen molar-refractivity contribution in [2.45, 2.75) is 25.7 Å². The molecule has 0 N–H and O–H groups in total. The number of para-hydroxylation sites is 1. The van der Waals surface area contributed by atoms with E-state index in [2.05, 4.69) is 0 Å². The number of benzene rings is 2. The predicted octanol–water partition coefficient (Wildman–Crippen LogP) is 3.07. The molecule has 0 saturated heterocycles. The molecule has 6 nitrogen and oxygen atoms in total. The van der Waals surface area contributed by atoms with Crippen LogP contribution in [0.1, 0.15) is 18.1 Å². The minimum Gasteiger partial charge on any atom is -0.494 e. The Bertz CT molecular complexity index is 855. The van der Waals surface area contributed by atoms with Gasteiger partial charge in [-0.05, 0) is 56.2 Å². The number of hydrogen-bond acceptors (Lipinski definition) is 5. The van der Waals surface area contributed by atoms with Crippen LogP contribution in [0.2, 0.25) is 0 Å². The molecule has 0 saturated carbocycles. The molecule has 0 atom stereocenters. The Hall–Kier alpha value is -2.54. The quantitative estimate of drug-likeness (QED) is 0.694. The Labute approximate surface area is 154 Å². The van der Waals surface area contributed by atoms with E-state index in [4.69, 9.17) is 9.47 Å². The summed E-state index contributed by atoms with van der Waals surface area (Å²) >= 11 is 0. The van der Waals surface area contributed by atoms with Crippen molar-refractivity contribution in [1.82, 2.24) is 0 Å². The van der Waals surface area contributed by atoms with Crippen LogP contribution in [0.3, 0.4) is 0 Å². The third-order valence-corrected chi connectivity index (χ3v) is 5.67. The lowest BCUT2D eigenvalue weighted by Gasteiger charge is -2.26. The van der Waals surface area contributed by atoms with E-state index in [0.717, 1.165) is 15.4 Å². The van der Waals surface area contributed by atoms with Gasteiger partial charge in [0.2, 0.25) is 0 Å². The highest BCUT2D eigenvalue weighted by atomic mass is 32.2. The van der Waals surface area contributed by atoms with E-state index < -0.39 is 22.5 Å². The maximum atomic E-state index is 13.2. The fraction of sp³-hybridized carbons (Fsp3) is 0.316. The smallest absolute Gasteiger partial charge is 0.326 e. The SMILES string of the molecule is CCOc1ccc(S(=O)(=O)N(CC(=O)OC)c2c(C)cccc2C)cc1. The zero-order valence-electron chi connectivity index (χ0n) is 15.4. The standard InChI is InChI=1S/C19H23NO5S/c1-5-25-16-9-11-17(12-10-16)26(22,23)20(13-18(21)24-4)19-14(2)7-6-8-15(19)3/h6-12H,5,13H2,1-4H3. The third kappa shape index (κ3) is 4.16. The molecule has 26 heavy (non-hydrogen) atoms. The van der Waals surface area contributed by atoms with Crippen molar-refractivity contribution in [3.05, 3.63) is 53.6 Å². The minimum absolute atomic E-state index is 0.0764. The van der Waals surface area contributed by atoms with Gasteiger partial charge in [0.15, 0.2) is 0 Å². The molecular formula is C19H23NO5S. The fourth-order valence-electron chi connectivity index (χ4n) is 2.67. The van der Waals surface area contributed by atoms with E-state index in [1.54, 1.807) is 38.1 Å². The summed E-state index contributed by atoms with van der Waals surface area (Å²) in [5, 5.41) is 0. The maximum Gasteiger partial charge on any atom is 0.326 e. The first kappa shape index (κ1) is 19.8. The highest BCUT2D eigenvalue weighted by molar-refractivity contribution is 7.92. The topological polar surface area (TPSA) is 72.9 Å². The number of hydrogen-bond donors (Lipinski definition) is 0. The van der Waals surface area contributed by atoms with Crippen LogP contribution < -0.4 is 9.04 Å². The van der Waals surface area contributed by atoms with E-state index in [1.165, 1.54) is 19.2 Å². The van der Waals surface area contributed by atoms with Crippen molar-refractivity contribution in [3.8, 4) is 5.75 Å². The van der Waals surface area contributed by atoms with Gasteiger partial charge in [0.05, 0.1) is 24.3 Å². The molecule has 0 heterocycles. The number of aryl methyl sites for hydroxylation is 2. The third-order valence-electron chi connectivity index (χ3n) is 3.91. The molecule has 0 aliphatic rings. The number of nitrogens with zero attached hydrogens (tertiary/aromatic N) is 1. The summed E-state index contributed by atoms with van der Waals surface area (Å²) in [6.45, 7) is 5.55. The van der Waals surface area contributed by atoms with Gasteiger partial charge in [-0.15, -0.1) is 0 Å². The number of ether oxygens (including phenoxy) is 2. The van der Waals surface area contributed by atoms with Gasteiger partial charge >= 0.3 is 5.97 Å². The van der Waals surface area contributed by atoms with E-state index in [0.29, 0.717) is 18.0 Å². The Morgan fingerprint density at radius 1 is 1.04 bits per heavy atom. The number of rotatable bonds is 7. The number of sulfonamides is 1. The second-order valence-electron chi connectivity index (χ2n) is 5.73. The number of methoxy groups -OCH3 is 1. The second kappa shape index (κ2) is 8.23. The second-order valence-corrected chi connectivity index (χ2v) is 7.59. The summed E-state index contributed by atoms with van der Waals surface area (Å²) in [7, 11) is -2.73. The van der Waals surface area contributed by atoms with Crippen LogP contribution in [0.5, 0.6) is 5.75 Å². The summed E-state index contributed by atoms with van der Waals surface area (Å²) in [4.78, 5) is 12.0. The van der Waals surface area contributed by atoms with Crippen molar-refractivity contribution in [3.63, 3.8) is 0 Å². The van der Waals surface area contributed by atoms with Crippen molar-refractivity contribution >= 4 is 21.7 Å². The molecule has 140 valence electrons. The van der Waals surface area contributed by atoms with Gasteiger partial charge in [-0.3, -0.25) is 9.10 Å². The average molecular weight is 377 g/mol. The summed E-state index contributed by atoms with van der Waals surface area (Å²) in [5.74, 6) is -0.0554. The van der Waals surface area contributed by atoms with Crippen LogP contribution >= 0.6 is 0 Å². The fourth-order valence-corrected chi connectivity index (χ4v) is 4.21. The van der Waals surface area contributed by atoms with Gasteiger partial charge in [-0.25, -0.2) is 8.42 Å². The Balaban J connectivity index is 2.54. The van der Waals surface area contributed by atoms with Gasteiger partial charge in [0.1, 0.15) is 12.3 Å². The molecule has 2 aromatic rings. The van der Waals surface area contributed by atoms with Crippen molar-refractivity contribution < 1.29 is 22.7 Å². The predicted molar refractivity (Wildman–Crippen MR) is 100 cm³/mol. The monoisotopic (exact) mass is 377 g/mol. The molecule has 0 bridgehead atoms. The van der Waals surface area contributed by atoms with Crippen LogP contribution in [0.25, 0.3) is 0 Å². The molecular weight excluding hydrogens is 354 g/mol. The molecule has 0 amide bonds. The van der Waals surface area contributed by atoms with Crippen LogP contribution in [0.4, 0.5) is 5.69 Å². The van der Waals surface area contributed by atoms with Gasteiger partial charge < -0.3 is 9.47 Å². The van der Waals surface area contributed by atoms with Crippen molar-refractivity contribution in [2.24, 2.45) is 0 Å². The van der Waals surface area contributed by atoms with Gasteiger partial charge in [0.25, 0.3) is 10.0 Å². The Morgan fingerprint density at radius 2 is 1.62 bits per heavy atom. The van der Waals surface area contributed by atoms with Gasteiger partial charge in [-0.1, -0.05) is 18.2 Å². The van der Waals surface area contributed by atoms with Crippen LogP contribution in [-0.4, -0.2) is 34.6 Å². The summed E-state index contributed by atoms with van der Waals surface area (Å²) in [5.41, 5.74) is 1.98. The van der Waals surface area contributed by atoms with Gasteiger partial charge in [-0.2, -0.15) is 0 Å². The van der Waals surface area contributed by atoms with Crippen LogP contribution in [0, 0.1) is 13.8 Å². The first-order valence-electron chi connectivity index (χ1n) is 8.20. The van der Waals surface area contributed by atoms with Crippen LogP contribution in [0.15, 0.2) is 47.4 Å². The Morgan fingerprint density at radius 3 is 2.12 bits per heavy atom. The normalized spacial score (nSPS) is 11.1. The molecule has 7 heteroatoms. The molecule has 0 fully saturated rings. The molecule has 2 rings (SSSR count). The lowest BCUT2D eigenvalue weighted by molar-refractivity contribution is -0.138. The maximum absolute atomic E-state index is 13.2. The molecule has 0 unspecified atom stereocenters. The lowest BCUT2D eigenvalue weighted by atomic mass is 10.1. The average Bonchev–Trinajstić information content (AvgIpc) is 2.61. The molecule has 0 aromatic heterocycles. The molecule has 0 aliphatic heterocycles.